The Morgan fingerprint density at radius 2 is 2.15 bits per heavy atom. The lowest BCUT2D eigenvalue weighted by Gasteiger charge is -2.53. The molecule has 5 rings (SSSR count). The number of methoxy groups -OCH3 is 1. The van der Waals surface area contributed by atoms with Crippen LogP contribution in [0.15, 0.2) is 41.6 Å². The molecule has 10 nitrogen and oxygen atoms in total. The minimum absolute atomic E-state index is 0.0924. The normalized spacial score (nSPS) is 24.0. The molecule has 34 heavy (non-hydrogen) atoms. The molecule has 0 saturated carbocycles. The molecule has 2 saturated heterocycles. The fraction of sp³-hybridized carbons (Fsp3) is 0.409. The van der Waals surface area contributed by atoms with Crippen LogP contribution >= 0.6 is 23.5 Å². The Hall–Kier alpha value is -2.83. The van der Waals surface area contributed by atoms with Crippen LogP contribution in [0, 0.1) is 12.3 Å². The lowest BCUT2D eigenvalue weighted by molar-refractivity contribution is -0.160. The van der Waals surface area contributed by atoms with Crippen LogP contribution in [-0.4, -0.2) is 73.2 Å². The lowest BCUT2D eigenvalue weighted by Crippen LogP contribution is -2.72. The molecule has 2 N–H and O–H groups in total. The number of aromatic nitrogens is 4. The van der Waals surface area contributed by atoms with Crippen LogP contribution < -0.4 is 10.5 Å². The molecule has 0 radical (unpaired) electrons. The molecule has 2 fully saturated rings. The van der Waals surface area contributed by atoms with Crippen LogP contribution in [0.5, 0.6) is 5.75 Å². The van der Waals surface area contributed by atoms with E-state index in [-0.39, 0.29) is 30.4 Å². The van der Waals surface area contributed by atoms with Gasteiger partial charge in [-0.15, -0.1) is 28.6 Å². The summed E-state index contributed by atoms with van der Waals surface area (Å²) in [6.07, 6.45) is 1.59. The Balaban J connectivity index is 1.36. The van der Waals surface area contributed by atoms with Crippen LogP contribution in [0.25, 0.3) is 5.65 Å². The molecule has 178 valence electrons. The van der Waals surface area contributed by atoms with E-state index in [1.54, 1.807) is 22.7 Å². The number of nitrogens with two attached hydrogens (primary N) is 1. The molecule has 2 aromatic heterocycles. The monoisotopic (exact) mass is 500 g/mol. The first-order valence-electron chi connectivity index (χ1n) is 10.7. The van der Waals surface area contributed by atoms with E-state index >= 15 is 0 Å². The van der Waals surface area contributed by atoms with Gasteiger partial charge in [0.1, 0.15) is 34.2 Å². The van der Waals surface area contributed by atoms with Gasteiger partial charge in [0.15, 0.2) is 5.65 Å². The summed E-state index contributed by atoms with van der Waals surface area (Å²) in [5, 5.41) is 8.78. The lowest BCUT2D eigenvalue weighted by atomic mass is 9.89. The van der Waals surface area contributed by atoms with Crippen LogP contribution in [-0.2, 0) is 20.9 Å². The second kappa shape index (κ2) is 9.08. The van der Waals surface area contributed by atoms with Crippen molar-refractivity contribution in [3.63, 3.8) is 0 Å². The standard InChI is InChI=1S/C22H24N6O4S2/c1-13-7-17(28-16(25-13)8-24-26-28)33-11-22(10-27-19(29)18(23)20(27)34-12-22)21(30)32-9-14-3-5-15(31-2)6-4-14/h3-8,18,20H,9-12,23H2,1-2H3/t18?,20-,22?/m1/s1. The number of esters is 1. The molecule has 12 heteroatoms. The first-order valence-corrected chi connectivity index (χ1v) is 12.7. The zero-order chi connectivity index (χ0) is 23.9. The molecule has 0 aliphatic carbocycles. The number of nitrogens with zero attached hydrogens (tertiary/aromatic N) is 5. The van der Waals surface area contributed by atoms with E-state index in [0.717, 1.165) is 22.0 Å². The van der Waals surface area contributed by atoms with Crippen molar-refractivity contribution >= 4 is 41.0 Å². The molecule has 2 unspecified atom stereocenters. The van der Waals surface area contributed by atoms with Crippen LogP contribution in [0.2, 0.25) is 0 Å². The summed E-state index contributed by atoms with van der Waals surface area (Å²) in [6, 6.07) is 8.77. The number of hydrogen-bond acceptors (Lipinski definition) is 10. The largest absolute Gasteiger partial charge is 0.497 e. The number of carbonyl (C=O) groups excluding carboxylic acids is 2. The molecular weight excluding hydrogens is 476 g/mol. The van der Waals surface area contributed by atoms with Crippen molar-refractivity contribution in [3.05, 3.63) is 47.8 Å². The fourth-order valence-electron chi connectivity index (χ4n) is 4.05. The average Bonchev–Trinajstić information content (AvgIpc) is 3.34. The third kappa shape index (κ3) is 4.10. The van der Waals surface area contributed by atoms with Gasteiger partial charge in [-0.1, -0.05) is 17.3 Å². The summed E-state index contributed by atoms with van der Waals surface area (Å²) < 4.78 is 12.6. The predicted molar refractivity (Wildman–Crippen MR) is 127 cm³/mol. The summed E-state index contributed by atoms with van der Waals surface area (Å²) in [5.41, 5.74) is 7.40. The highest BCUT2D eigenvalue weighted by Crippen LogP contribution is 2.44. The Morgan fingerprint density at radius 3 is 2.91 bits per heavy atom. The third-order valence-electron chi connectivity index (χ3n) is 6.01. The highest BCUT2D eigenvalue weighted by atomic mass is 32.2. The summed E-state index contributed by atoms with van der Waals surface area (Å²) in [6.45, 7) is 2.31. The van der Waals surface area contributed by atoms with E-state index in [2.05, 4.69) is 15.3 Å². The molecule has 3 aromatic rings. The van der Waals surface area contributed by atoms with Crippen molar-refractivity contribution in [3.8, 4) is 5.75 Å². The molecule has 0 spiro atoms. The number of ether oxygens (including phenoxy) is 2. The number of benzene rings is 1. The van der Waals surface area contributed by atoms with E-state index in [4.69, 9.17) is 15.2 Å². The molecule has 1 amide bonds. The van der Waals surface area contributed by atoms with Gasteiger partial charge in [0, 0.05) is 23.7 Å². The third-order valence-corrected chi connectivity index (χ3v) is 8.90. The van der Waals surface area contributed by atoms with Gasteiger partial charge >= 0.3 is 5.97 Å². The van der Waals surface area contributed by atoms with Crippen molar-refractivity contribution in [1.82, 2.24) is 24.7 Å². The number of aryl methyl sites for hydroxylation is 1. The van der Waals surface area contributed by atoms with Gasteiger partial charge in [-0.05, 0) is 30.7 Å². The zero-order valence-electron chi connectivity index (χ0n) is 18.7. The first kappa shape index (κ1) is 22.9. The summed E-state index contributed by atoms with van der Waals surface area (Å²) in [5.74, 6) is 1.18. The fourth-order valence-corrected chi connectivity index (χ4v) is 6.91. The van der Waals surface area contributed by atoms with Crippen molar-refractivity contribution in [1.29, 1.82) is 0 Å². The van der Waals surface area contributed by atoms with Crippen molar-refractivity contribution in [2.24, 2.45) is 11.1 Å². The highest BCUT2D eigenvalue weighted by Gasteiger charge is 2.56. The van der Waals surface area contributed by atoms with E-state index < -0.39 is 11.5 Å². The first-order chi connectivity index (χ1) is 16.4. The van der Waals surface area contributed by atoms with Crippen LogP contribution in [0.4, 0.5) is 0 Å². The number of carbonyl (C=O) groups is 2. The van der Waals surface area contributed by atoms with Gasteiger partial charge in [0.05, 0.1) is 13.3 Å². The van der Waals surface area contributed by atoms with Gasteiger partial charge in [0.25, 0.3) is 0 Å². The number of amides is 1. The van der Waals surface area contributed by atoms with Gasteiger partial charge in [-0.25, -0.2) is 4.98 Å². The quantitative estimate of drug-likeness (QED) is 0.221. The molecule has 0 bridgehead atoms. The molecule has 1 aromatic carbocycles. The highest BCUT2D eigenvalue weighted by molar-refractivity contribution is 8.00. The second-order valence-electron chi connectivity index (χ2n) is 8.43. The van der Waals surface area contributed by atoms with Gasteiger partial charge in [-0.2, -0.15) is 4.52 Å². The zero-order valence-corrected chi connectivity index (χ0v) is 20.3. The maximum atomic E-state index is 13.5. The van der Waals surface area contributed by atoms with Crippen molar-refractivity contribution in [2.45, 2.75) is 30.0 Å². The Labute approximate surface area is 204 Å². The number of thioether (sulfide) groups is 2. The smallest absolute Gasteiger partial charge is 0.315 e. The van der Waals surface area contributed by atoms with Crippen molar-refractivity contribution in [2.75, 3.05) is 25.2 Å². The predicted octanol–water partition coefficient (Wildman–Crippen LogP) is 1.51. The molecule has 3 atom stereocenters. The van der Waals surface area contributed by atoms with Gasteiger partial charge in [0.2, 0.25) is 5.91 Å². The SMILES string of the molecule is COc1ccc(COC(=O)C2(CSc3cc(C)nc4cnnn34)CS[C@@H]3C(N)C(=O)N3C2)cc1. The Bertz CT molecular complexity index is 1240. The topological polar surface area (TPSA) is 125 Å². The number of rotatable bonds is 7. The molecule has 2 aliphatic heterocycles. The summed E-state index contributed by atoms with van der Waals surface area (Å²) >= 11 is 3.01. The van der Waals surface area contributed by atoms with E-state index in [0.29, 0.717) is 17.2 Å². The van der Waals surface area contributed by atoms with E-state index in [1.165, 1.54) is 23.5 Å². The van der Waals surface area contributed by atoms with Gasteiger partial charge in [-0.3, -0.25) is 9.59 Å². The maximum Gasteiger partial charge on any atom is 0.315 e. The van der Waals surface area contributed by atoms with Crippen molar-refractivity contribution < 1.29 is 19.1 Å². The molecule has 4 heterocycles. The Morgan fingerprint density at radius 1 is 1.35 bits per heavy atom. The average molecular weight is 501 g/mol. The van der Waals surface area contributed by atoms with Gasteiger partial charge < -0.3 is 20.1 Å². The molecule has 2 aliphatic rings. The van der Waals surface area contributed by atoms with Crippen LogP contribution in [0.1, 0.15) is 11.3 Å². The molecular formula is C22H24N6O4S2. The number of hydrogen-bond donors (Lipinski definition) is 1. The number of β-lactam (4-membered cyclic amide) rings is 1. The van der Waals surface area contributed by atoms with Crippen LogP contribution in [0.3, 0.4) is 0 Å². The van der Waals surface area contributed by atoms with E-state index in [1.807, 2.05) is 37.3 Å². The minimum atomic E-state index is -0.891. The van der Waals surface area contributed by atoms with E-state index in [9.17, 15) is 9.59 Å². The number of fused-ring (bicyclic) bond motifs is 2. The maximum absolute atomic E-state index is 13.5. The summed E-state index contributed by atoms with van der Waals surface area (Å²) in [7, 11) is 1.60. The summed E-state index contributed by atoms with van der Waals surface area (Å²) in [4.78, 5) is 32.0. The second-order valence-corrected chi connectivity index (χ2v) is 10.5. The minimum Gasteiger partial charge on any atom is -0.497 e. The Kier molecular flexibility index (Phi) is 6.13.